The molecule has 3 aromatic rings. The summed E-state index contributed by atoms with van der Waals surface area (Å²) >= 11 is 0. The molecule has 0 saturated carbocycles. The van der Waals surface area contributed by atoms with Crippen molar-refractivity contribution < 1.29 is 43.0 Å². The summed E-state index contributed by atoms with van der Waals surface area (Å²) in [6, 6.07) is 10.3. The predicted molar refractivity (Wildman–Crippen MR) is 205 cm³/mol. The molecule has 3 amide bonds. The molecule has 2 aliphatic heterocycles. The number of carbonyl (C=O) groups excluding carboxylic acids is 4. The largest absolute Gasteiger partial charge is 0.493 e. The zero-order valence-electron chi connectivity index (χ0n) is 31.8. The molecule has 2 heterocycles. The third kappa shape index (κ3) is 11.1. The van der Waals surface area contributed by atoms with Crippen molar-refractivity contribution in [3.8, 4) is 23.0 Å². The van der Waals surface area contributed by atoms with E-state index in [0.29, 0.717) is 17.5 Å². The van der Waals surface area contributed by atoms with Gasteiger partial charge in [0.05, 0.1) is 38.3 Å². The van der Waals surface area contributed by atoms with Gasteiger partial charge >= 0.3 is 11.7 Å². The van der Waals surface area contributed by atoms with Crippen LogP contribution < -0.4 is 35.9 Å². The SMILES string of the molecule is COC(=O)[C@@H]([C@@H]1NC(=O)[C@H](Cc2ccccc2)NC(=O)[C@H](NC(=O)[C@H](N)CC(C)C)Cc2ccc(c([N+](=O)[O-])c2)Oc2cc1cc(OC)c2OC)N(C)C.Cl. The second kappa shape index (κ2) is 19.8. The normalized spacial score (nSPS) is 18.2. The average Bonchev–Trinajstić information content (AvgIpc) is 3.13. The quantitative estimate of drug-likeness (QED) is 0.118. The van der Waals surface area contributed by atoms with E-state index in [1.165, 1.54) is 51.7 Å². The molecule has 17 heteroatoms. The van der Waals surface area contributed by atoms with Crippen molar-refractivity contribution in [1.82, 2.24) is 20.9 Å². The number of nitrogens with one attached hydrogen (secondary N) is 3. The van der Waals surface area contributed by atoms with Crippen LogP contribution in [0.25, 0.3) is 0 Å². The first-order valence-electron chi connectivity index (χ1n) is 17.3. The summed E-state index contributed by atoms with van der Waals surface area (Å²) in [5.74, 6) is -2.63. The molecule has 5 atom stereocenters. The molecule has 0 fully saturated rings. The molecule has 0 unspecified atom stereocenters. The van der Waals surface area contributed by atoms with Crippen LogP contribution in [-0.2, 0) is 36.8 Å². The van der Waals surface area contributed by atoms with Gasteiger partial charge in [0, 0.05) is 18.9 Å². The van der Waals surface area contributed by atoms with E-state index >= 15 is 0 Å². The van der Waals surface area contributed by atoms with Crippen molar-refractivity contribution in [2.45, 2.75) is 63.3 Å². The standard InChI is InChI=1S/C38H48N6O10.ClH/c1-21(2)15-25(39)35(45)40-27-17-23-13-14-29(28(18-23)44(49)50)54-31-20-24(19-30(51-5)34(31)52-6)32(33(43(3)4)38(48)53-7)42-37(47)26(41-36(27)46)16-22-11-9-8-10-12-22;/h8-14,18-21,25-27,32-33H,15-17,39H2,1-7H3,(H,40,45)(H,41,46)(H,42,47);1H/t25-,26+,27-,32-,33-;/m1./s1. The second-order valence-electron chi connectivity index (χ2n) is 13.6. The van der Waals surface area contributed by atoms with Gasteiger partial charge in [0.2, 0.25) is 29.2 Å². The number of fused-ring (bicyclic) bond motifs is 9. The number of benzene rings is 3. The molecule has 55 heavy (non-hydrogen) atoms. The van der Waals surface area contributed by atoms with Gasteiger partial charge in [0.25, 0.3) is 0 Å². The molecule has 5 rings (SSSR count). The molecule has 0 radical (unpaired) electrons. The van der Waals surface area contributed by atoms with E-state index in [0.717, 1.165) is 0 Å². The van der Waals surface area contributed by atoms with Gasteiger partial charge in [0.15, 0.2) is 11.5 Å². The van der Waals surface area contributed by atoms with Gasteiger partial charge in [0.1, 0.15) is 18.1 Å². The number of carbonyl (C=O) groups is 4. The summed E-state index contributed by atoms with van der Waals surface area (Å²) in [6.45, 7) is 3.80. The lowest BCUT2D eigenvalue weighted by atomic mass is 9.95. The Kier molecular flexibility index (Phi) is 15.8. The predicted octanol–water partition coefficient (Wildman–Crippen LogP) is 3.23. The second-order valence-corrected chi connectivity index (χ2v) is 13.6. The Bertz CT molecular complexity index is 1840. The number of hydrogen-bond donors (Lipinski definition) is 4. The maximum absolute atomic E-state index is 14.5. The Morgan fingerprint density at radius 2 is 1.69 bits per heavy atom. The molecule has 2 aliphatic rings. The van der Waals surface area contributed by atoms with E-state index < -0.39 is 64.5 Å². The van der Waals surface area contributed by atoms with Gasteiger partial charge in [-0.2, -0.15) is 0 Å². The summed E-state index contributed by atoms with van der Waals surface area (Å²) in [5.41, 5.74) is 7.03. The Morgan fingerprint density at radius 1 is 1.00 bits per heavy atom. The van der Waals surface area contributed by atoms with E-state index in [1.54, 1.807) is 43.3 Å². The minimum Gasteiger partial charge on any atom is -0.493 e. The van der Waals surface area contributed by atoms with Crippen molar-refractivity contribution in [3.05, 3.63) is 87.5 Å². The van der Waals surface area contributed by atoms with E-state index in [2.05, 4.69) is 16.0 Å². The Morgan fingerprint density at radius 3 is 2.27 bits per heavy atom. The van der Waals surface area contributed by atoms with Gasteiger partial charge < -0.3 is 40.6 Å². The molecule has 3 aromatic carbocycles. The van der Waals surface area contributed by atoms with E-state index in [9.17, 15) is 29.3 Å². The first-order chi connectivity index (χ1) is 25.7. The average molecular weight is 785 g/mol. The highest BCUT2D eigenvalue weighted by molar-refractivity contribution is 5.94. The zero-order chi connectivity index (χ0) is 39.7. The molecule has 5 N–H and O–H groups in total. The molecule has 0 spiro atoms. The van der Waals surface area contributed by atoms with Gasteiger partial charge in [-0.15, -0.1) is 12.4 Å². The number of nitrogens with two attached hydrogens (primary N) is 1. The number of nitro groups is 1. The fraction of sp³-hybridized carbons (Fsp3) is 0.421. The van der Waals surface area contributed by atoms with Crippen LogP contribution >= 0.6 is 12.4 Å². The maximum Gasteiger partial charge on any atom is 0.325 e. The number of nitrogens with zero attached hydrogens (tertiary/aromatic N) is 2. The van der Waals surface area contributed by atoms with Gasteiger partial charge in [-0.1, -0.05) is 50.2 Å². The Labute approximate surface area is 325 Å². The molecular formula is C38H49ClN6O10. The van der Waals surface area contributed by atoms with Crippen molar-refractivity contribution in [3.63, 3.8) is 0 Å². The van der Waals surface area contributed by atoms with Crippen molar-refractivity contribution >= 4 is 41.8 Å². The number of amides is 3. The first-order valence-corrected chi connectivity index (χ1v) is 17.3. The monoisotopic (exact) mass is 784 g/mol. The number of esters is 1. The number of nitro benzene ring substituents is 1. The van der Waals surface area contributed by atoms with Crippen LogP contribution in [0.5, 0.6) is 23.0 Å². The van der Waals surface area contributed by atoms with Gasteiger partial charge in [-0.3, -0.25) is 34.2 Å². The zero-order valence-corrected chi connectivity index (χ0v) is 32.6. The maximum atomic E-state index is 14.5. The fourth-order valence-electron chi connectivity index (χ4n) is 6.28. The number of halogens is 1. The van der Waals surface area contributed by atoms with Crippen LogP contribution in [0, 0.1) is 16.0 Å². The summed E-state index contributed by atoms with van der Waals surface area (Å²) < 4.78 is 22.5. The molecule has 16 nitrogen and oxygen atoms in total. The highest BCUT2D eigenvalue weighted by Crippen LogP contribution is 2.44. The Hall–Kier alpha value is -5.45. The summed E-state index contributed by atoms with van der Waals surface area (Å²) in [4.78, 5) is 68.7. The molecule has 0 aromatic heterocycles. The van der Waals surface area contributed by atoms with E-state index in [4.69, 9.17) is 24.7 Å². The van der Waals surface area contributed by atoms with Crippen molar-refractivity contribution in [1.29, 1.82) is 0 Å². The van der Waals surface area contributed by atoms with Crippen LogP contribution in [0.4, 0.5) is 5.69 Å². The van der Waals surface area contributed by atoms with Crippen molar-refractivity contribution in [2.24, 2.45) is 11.7 Å². The number of likely N-dealkylation sites (N-methyl/N-ethyl adjacent to an activating group) is 1. The minimum absolute atomic E-state index is 0. The number of hydrogen-bond acceptors (Lipinski definition) is 12. The van der Waals surface area contributed by atoms with Gasteiger partial charge in [-0.25, -0.2) is 0 Å². The fourth-order valence-corrected chi connectivity index (χ4v) is 6.28. The molecule has 0 aliphatic carbocycles. The van der Waals surface area contributed by atoms with Crippen LogP contribution in [0.15, 0.2) is 60.7 Å². The third-order valence-corrected chi connectivity index (χ3v) is 8.93. The summed E-state index contributed by atoms with van der Waals surface area (Å²) in [5, 5.41) is 20.9. The Balaban J connectivity index is 0.00000812. The summed E-state index contributed by atoms with van der Waals surface area (Å²) in [6.07, 6.45) is 0.150. The van der Waals surface area contributed by atoms with Crippen LogP contribution in [-0.4, -0.2) is 93.1 Å². The number of rotatable bonds is 12. The number of ether oxygens (including phenoxy) is 4. The van der Waals surface area contributed by atoms with E-state index in [1.807, 2.05) is 19.9 Å². The minimum atomic E-state index is -1.31. The van der Waals surface area contributed by atoms with Crippen LogP contribution in [0.2, 0.25) is 0 Å². The first kappa shape index (κ1) is 44.0. The highest BCUT2D eigenvalue weighted by atomic mass is 35.5. The lowest BCUT2D eigenvalue weighted by Crippen LogP contribution is -2.58. The number of methoxy groups -OCH3 is 3. The van der Waals surface area contributed by atoms with Crippen LogP contribution in [0.1, 0.15) is 43.0 Å². The highest BCUT2D eigenvalue weighted by Gasteiger charge is 2.38. The smallest absolute Gasteiger partial charge is 0.325 e. The summed E-state index contributed by atoms with van der Waals surface area (Å²) in [7, 11) is 7.19. The third-order valence-electron chi connectivity index (χ3n) is 8.93. The molecule has 298 valence electrons. The molecule has 4 bridgehead atoms. The van der Waals surface area contributed by atoms with Gasteiger partial charge in [-0.05, 0) is 61.3 Å². The lowest BCUT2D eigenvalue weighted by Gasteiger charge is -2.33. The van der Waals surface area contributed by atoms with E-state index in [-0.39, 0.29) is 59.7 Å². The van der Waals surface area contributed by atoms with Crippen LogP contribution in [0.3, 0.4) is 0 Å². The molecular weight excluding hydrogens is 736 g/mol. The molecule has 0 saturated heterocycles. The lowest BCUT2D eigenvalue weighted by molar-refractivity contribution is -0.385. The topological polar surface area (TPSA) is 214 Å². The van der Waals surface area contributed by atoms with Crippen molar-refractivity contribution in [2.75, 3.05) is 35.4 Å².